The maximum absolute atomic E-state index is 13.2. The molecule has 0 saturated carbocycles. The Hall–Kier alpha value is -2.34. The van der Waals surface area contributed by atoms with Crippen LogP contribution >= 0.6 is 0 Å². The molecule has 3 fully saturated rings. The largest absolute Gasteiger partial charge is 0.481 e. The summed E-state index contributed by atoms with van der Waals surface area (Å²) in [5.41, 5.74) is 4.41. The molecule has 0 aliphatic carbocycles. The zero-order chi connectivity index (χ0) is 19.3. The zero-order valence-electron chi connectivity index (χ0n) is 16.1. The number of hydrogen-bond acceptors (Lipinski definition) is 3. The molecule has 2 bridgehead atoms. The summed E-state index contributed by atoms with van der Waals surface area (Å²) in [5.74, 6) is 0.766. The molecule has 1 aromatic carbocycles. The summed E-state index contributed by atoms with van der Waals surface area (Å²) in [6.07, 6.45) is 2.37. The minimum Gasteiger partial charge on any atom is -0.481 e. The van der Waals surface area contributed by atoms with Crippen LogP contribution in [-0.2, 0) is 4.79 Å². The molecular weight excluding hydrogens is 342 g/mol. The number of H-pyrrole nitrogens is 1. The van der Waals surface area contributed by atoms with E-state index in [1.54, 1.807) is 0 Å². The van der Waals surface area contributed by atoms with Crippen LogP contribution in [0.15, 0.2) is 18.2 Å². The first-order chi connectivity index (χ1) is 12.9. The number of carbonyl (C=O) groups is 2. The highest BCUT2D eigenvalue weighted by Crippen LogP contribution is 2.47. The molecule has 5 rings (SSSR count). The molecule has 144 valence electrons. The second kappa shape index (κ2) is 6.68. The van der Waals surface area contributed by atoms with Crippen LogP contribution in [-0.4, -0.2) is 52.0 Å². The van der Waals surface area contributed by atoms with E-state index in [2.05, 4.69) is 41.2 Å². The van der Waals surface area contributed by atoms with Crippen molar-refractivity contribution in [2.75, 3.05) is 13.1 Å². The van der Waals surface area contributed by atoms with E-state index in [0.717, 1.165) is 31.1 Å². The number of aromatic nitrogens is 1. The SMILES string of the molecule is CC(=O)O.Cc1[nH]c2ccc(C(=O)N3[C@@H]4CC[C@H]3[C@H]3CNC[C@H]34)cc2c1C. The second-order valence-electron chi connectivity index (χ2n) is 8.06. The average molecular weight is 369 g/mol. The van der Waals surface area contributed by atoms with E-state index in [4.69, 9.17) is 9.90 Å². The van der Waals surface area contributed by atoms with E-state index in [1.807, 2.05) is 6.07 Å². The number of aliphatic carboxylic acids is 1. The van der Waals surface area contributed by atoms with Gasteiger partial charge in [-0.2, -0.15) is 0 Å². The fraction of sp³-hybridized carbons (Fsp3) is 0.524. The molecule has 0 unspecified atom stereocenters. The Bertz CT molecular complexity index is 881. The van der Waals surface area contributed by atoms with Gasteiger partial charge in [-0.25, -0.2) is 0 Å². The summed E-state index contributed by atoms with van der Waals surface area (Å²) in [6, 6.07) is 7.05. The van der Waals surface area contributed by atoms with E-state index in [9.17, 15) is 4.79 Å². The molecule has 3 aliphatic heterocycles. The Morgan fingerprint density at radius 2 is 1.70 bits per heavy atom. The highest BCUT2D eigenvalue weighted by atomic mass is 16.4. The maximum Gasteiger partial charge on any atom is 0.300 e. The molecule has 0 spiro atoms. The Balaban J connectivity index is 0.000000413. The fourth-order valence-corrected chi connectivity index (χ4v) is 5.31. The number of amides is 1. The zero-order valence-corrected chi connectivity index (χ0v) is 16.1. The Morgan fingerprint density at radius 1 is 1.11 bits per heavy atom. The first kappa shape index (κ1) is 18.0. The molecular formula is C21H27N3O3. The van der Waals surface area contributed by atoms with Gasteiger partial charge in [0.05, 0.1) is 0 Å². The monoisotopic (exact) mass is 369 g/mol. The number of carboxylic acid groups (broad SMARTS) is 1. The van der Waals surface area contributed by atoms with Crippen molar-refractivity contribution in [2.45, 2.75) is 45.7 Å². The van der Waals surface area contributed by atoms with Gasteiger partial charge in [-0.05, 0) is 62.3 Å². The number of nitrogens with one attached hydrogen (secondary N) is 2. The van der Waals surface area contributed by atoms with Crippen molar-refractivity contribution >= 4 is 22.8 Å². The number of nitrogens with zero attached hydrogens (tertiary/aromatic N) is 1. The summed E-state index contributed by atoms with van der Waals surface area (Å²) in [5, 5.41) is 12.1. The number of fused-ring (bicyclic) bond motifs is 6. The van der Waals surface area contributed by atoms with Crippen molar-refractivity contribution in [3.05, 3.63) is 35.0 Å². The number of carboxylic acids is 1. The van der Waals surface area contributed by atoms with Crippen LogP contribution in [0.2, 0.25) is 0 Å². The molecule has 0 radical (unpaired) electrons. The number of aromatic amines is 1. The van der Waals surface area contributed by atoms with Crippen LogP contribution in [0, 0.1) is 25.7 Å². The topological polar surface area (TPSA) is 85.4 Å². The van der Waals surface area contributed by atoms with Gasteiger partial charge >= 0.3 is 0 Å². The highest BCUT2D eigenvalue weighted by Gasteiger charge is 2.56. The van der Waals surface area contributed by atoms with Crippen molar-refractivity contribution in [3.8, 4) is 0 Å². The number of benzene rings is 1. The van der Waals surface area contributed by atoms with E-state index >= 15 is 0 Å². The van der Waals surface area contributed by atoms with E-state index in [0.29, 0.717) is 23.9 Å². The van der Waals surface area contributed by atoms with Crippen molar-refractivity contribution in [1.82, 2.24) is 15.2 Å². The second-order valence-corrected chi connectivity index (χ2v) is 8.06. The Kier molecular flexibility index (Phi) is 4.46. The van der Waals surface area contributed by atoms with Crippen LogP contribution < -0.4 is 5.32 Å². The quantitative estimate of drug-likeness (QED) is 0.721. The smallest absolute Gasteiger partial charge is 0.300 e. The minimum atomic E-state index is -0.833. The Morgan fingerprint density at radius 3 is 2.30 bits per heavy atom. The van der Waals surface area contributed by atoms with Gasteiger partial charge in [-0.3, -0.25) is 9.59 Å². The average Bonchev–Trinajstić information content (AvgIpc) is 3.36. The summed E-state index contributed by atoms with van der Waals surface area (Å²) >= 11 is 0. The summed E-state index contributed by atoms with van der Waals surface area (Å²) in [4.78, 5) is 27.8. The highest BCUT2D eigenvalue weighted by molar-refractivity contribution is 5.99. The lowest BCUT2D eigenvalue weighted by Gasteiger charge is -2.25. The number of hydrogen-bond donors (Lipinski definition) is 3. The molecule has 1 aromatic heterocycles. The van der Waals surface area contributed by atoms with Gasteiger partial charge in [0.1, 0.15) is 0 Å². The van der Waals surface area contributed by atoms with Crippen molar-refractivity contribution in [2.24, 2.45) is 11.8 Å². The van der Waals surface area contributed by atoms with Crippen molar-refractivity contribution < 1.29 is 14.7 Å². The predicted molar refractivity (Wildman–Crippen MR) is 104 cm³/mol. The third kappa shape index (κ3) is 2.92. The number of carbonyl (C=O) groups excluding carboxylic acids is 1. The Labute approximate surface area is 158 Å². The molecule has 6 heteroatoms. The van der Waals surface area contributed by atoms with E-state index < -0.39 is 5.97 Å². The van der Waals surface area contributed by atoms with Gasteiger partial charge in [-0.15, -0.1) is 0 Å². The van der Waals surface area contributed by atoms with Crippen LogP contribution in [0.1, 0.15) is 41.4 Å². The first-order valence-electron chi connectivity index (χ1n) is 9.70. The molecule has 1 amide bonds. The van der Waals surface area contributed by atoms with Crippen LogP contribution in [0.4, 0.5) is 0 Å². The molecule has 27 heavy (non-hydrogen) atoms. The van der Waals surface area contributed by atoms with Gasteiger partial charge < -0.3 is 20.3 Å². The fourth-order valence-electron chi connectivity index (χ4n) is 5.31. The molecule has 4 atom stereocenters. The number of rotatable bonds is 1. The maximum atomic E-state index is 13.2. The molecule has 2 aromatic rings. The number of aryl methyl sites for hydroxylation is 2. The summed E-state index contributed by atoms with van der Waals surface area (Å²) < 4.78 is 0. The predicted octanol–water partition coefficient (Wildman–Crippen LogP) is 2.70. The van der Waals surface area contributed by atoms with Crippen LogP contribution in [0.25, 0.3) is 10.9 Å². The third-order valence-electron chi connectivity index (χ3n) is 6.56. The normalized spacial score (nSPS) is 28.2. The van der Waals surface area contributed by atoms with Crippen LogP contribution in [0.5, 0.6) is 0 Å². The van der Waals surface area contributed by atoms with Gasteiger partial charge in [0.2, 0.25) is 0 Å². The van der Waals surface area contributed by atoms with Gasteiger partial charge in [0, 0.05) is 54.3 Å². The van der Waals surface area contributed by atoms with E-state index in [-0.39, 0.29) is 5.91 Å². The lowest BCUT2D eigenvalue weighted by Crippen LogP contribution is -2.39. The van der Waals surface area contributed by atoms with Crippen molar-refractivity contribution in [3.63, 3.8) is 0 Å². The minimum absolute atomic E-state index is 0.243. The molecule has 3 aliphatic rings. The lowest BCUT2D eigenvalue weighted by molar-refractivity contribution is -0.134. The third-order valence-corrected chi connectivity index (χ3v) is 6.56. The van der Waals surface area contributed by atoms with Gasteiger partial charge in [0.25, 0.3) is 11.9 Å². The standard InChI is InChI=1S/C19H23N3O.C2H4O2/c1-10-11(2)21-16-4-3-12(7-13(10)16)19(23)22-17-5-6-18(22)15-9-20-8-14(15)17;1-2(3)4/h3-4,7,14-15,17-18,20-21H,5-6,8-9H2,1-2H3;1H3,(H,3,4)/t14-,15+,17-,18+;. The molecule has 3 saturated heterocycles. The van der Waals surface area contributed by atoms with Crippen molar-refractivity contribution in [1.29, 1.82) is 0 Å². The summed E-state index contributed by atoms with van der Waals surface area (Å²) in [6.45, 7) is 7.47. The van der Waals surface area contributed by atoms with E-state index in [1.165, 1.54) is 29.5 Å². The molecule has 6 nitrogen and oxygen atoms in total. The molecule has 3 N–H and O–H groups in total. The molecule has 4 heterocycles. The first-order valence-corrected chi connectivity index (χ1v) is 9.70. The van der Waals surface area contributed by atoms with Crippen LogP contribution in [0.3, 0.4) is 0 Å². The van der Waals surface area contributed by atoms with Gasteiger partial charge in [-0.1, -0.05) is 0 Å². The van der Waals surface area contributed by atoms with Gasteiger partial charge in [0.15, 0.2) is 0 Å². The lowest BCUT2D eigenvalue weighted by atomic mass is 9.82. The summed E-state index contributed by atoms with van der Waals surface area (Å²) in [7, 11) is 0.